The van der Waals surface area contributed by atoms with E-state index in [1.807, 2.05) is 0 Å². The summed E-state index contributed by atoms with van der Waals surface area (Å²) in [5.74, 6) is 2.48. The van der Waals surface area contributed by atoms with Gasteiger partial charge in [0.25, 0.3) is 0 Å². The number of para-hydroxylation sites is 1. The minimum Gasteiger partial charge on any atom is -0.487 e. The number of nitriles is 1. The standard InChI is InChI=1S/C38H37N3O/c1-24-20-34-36(37-35(24)31-11-5-6-19-38(31,2)42-37)30-10-3-4-12-33(30)41(34)29-9-7-8-28(21-29)26-14-16-27(17-15-26)32-18-13-25(22-39)23-40-32/h3-4,6,8,10,12,14-19,21,23-25,31,34,36H,5,7,9,11,13,20H2,1-2H3. The highest BCUT2D eigenvalue weighted by Gasteiger charge is 2.56. The lowest BCUT2D eigenvalue weighted by Crippen LogP contribution is -2.39. The Bertz CT molecular complexity index is 1680. The number of hydrogen-bond acceptors (Lipinski definition) is 4. The third kappa shape index (κ3) is 3.90. The van der Waals surface area contributed by atoms with Gasteiger partial charge in [0.15, 0.2) is 0 Å². The summed E-state index contributed by atoms with van der Waals surface area (Å²) in [6.45, 7) is 4.74. The normalized spacial score (nSPS) is 32.5. The minimum absolute atomic E-state index is 0.112. The molecule has 8 rings (SSSR count). The molecule has 0 N–H and O–H groups in total. The molecule has 6 unspecified atom stereocenters. The van der Waals surface area contributed by atoms with Crippen LogP contribution >= 0.6 is 0 Å². The Morgan fingerprint density at radius 3 is 2.69 bits per heavy atom. The van der Waals surface area contributed by atoms with Crippen molar-refractivity contribution >= 4 is 23.2 Å². The highest BCUT2D eigenvalue weighted by molar-refractivity contribution is 5.82. The lowest BCUT2D eigenvalue weighted by atomic mass is 9.69. The molecule has 0 fully saturated rings. The molecule has 3 aliphatic carbocycles. The molecule has 0 spiro atoms. The van der Waals surface area contributed by atoms with Gasteiger partial charge in [-0.1, -0.05) is 67.6 Å². The molecule has 3 heterocycles. The van der Waals surface area contributed by atoms with Gasteiger partial charge in [0, 0.05) is 29.6 Å². The molecule has 2 aromatic rings. The van der Waals surface area contributed by atoms with Gasteiger partial charge in [-0.05, 0) is 97.4 Å². The Hall–Kier alpha value is -4.10. The molecule has 4 nitrogen and oxygen atoms in total. The van der Waals surface area contributed by atoms with Crippen LogP contribution in [0.3, 0.4) is 0 Å². The van der Waals surface area contributed by atoms with Crippen LogP contribution in [0, 0.1) is 29.1 Å². The third-order valence-electron chi connectivity index (χ3n) is 10.4. The molecule has 4 heteroatoms. The second-order valence-electron chi connectivity index (χ2n) is 13.0. The van der Waals surface area contributed by atoms with Gasteiger partial charge in [0.05, 0.1) is 23.6 Å². The van der Waals surface area contributed by atoms with E-state index < -0.39 is 0 Å². The first-order valence-corrected chi connectivity index (χ1v) is 15.7. The van der Waals surface area contributed by atoms with Crippen LogP contribution in [0.5, 0.6) is 0 Å². The molecule has 42 heavy (non-hydrogen) atoms. The van der Waals surface area contributed by atoms with Crippen molar-refractivity contribution in [3.05, 3.63) is 113 Å². The maximum absolute atomic E-state index is 9.16. The number of anilines is 1. The lowest BCUT2D eigenvalue weighted by Gasteiger charge is -2.39. The summed E-state index contributed by atoms with van der Waals surface area (Å²) in [7, 11) is 0. The zero-order valence-electron chi connectivity index (χ0n) is 24.5. The number of allylic oxidation sites excluding steroid dienone is 6. The van der Waals surface area contributed by atoms with Crippen molar-refractivity contribution in [1.29, 1.82) is 5.26 Å². The topological polar surface area (TPSA) is 48.6 Å². The van der Waals surface area contributed by atoms with Crippen molar-refractivity contribution in [2.24, 2.45) is 22.7 Å². The summed E-state index contributed by atoms with van der Waals surface area (Å²) in [4.78, 5) is 7.22. The van der Waals surface area contributed by atoms with Gasteiger partial charge in [-0.3, -0.25) is 4.99 Å². The minimum atomic E-state index is -0.197. The molecule has 0 saturated carbocycles. The largest absolute Gasteiger partial charge is 0.487 e. The Kier molecular flexibility index (Phi) is 5.93. The second-order valence-corrected chi connectivity index (χ2v) is 13.0. The van der Waals surface area contributed by atoms with E-state index in [0.29, 0.717) is 23.8 Å². The zero-order valence-corrected chi connectivity index (χ0v) is 24.5. The number of ether oxygens (including phenoxy) is 1. The van der Waals surface area contributed by atoms with Gasteiger partial charge in [0.1, 0.15) is 11.4 Å². The molecule has 0 aromatic heterocycles. The average molecular weight is 552 g/mol. The molecule has 0 amide bonds. The fourth-order valence-corrected chi connectivity index (χ4v) is 8.48. The maximum Gasteiger partial charge on any atom is 0.130 e. The van der Waals surface area contributed by atoms with Crippen LogP contribution in [0.1, 0.15) is 75.0 Å². The molecular weight excluding hydrogens is 514 g/mol. The SMILES string of the molecule is CC1CC2C(C3=C1C1CCC=CC1(C)O3)c1ccccc1N2C1=CC(c2ccc(C3=CCC(C#N)C=N3)cc2)=CCC1. The van der Waals surface area contributed by atoms with E-state index in [1.54, 1.807) is 11.8 Å². The molecule has 0 radical (unpaired) electrons. The summed E-state index contributed by atoms with van der Waals surface area (Å²) in [6, 6.07) is 20.5. The van der Waals surface area contributed by atoms with Crippen molar-refractivity contribution in [2.75, 3.05) is 4.90 Å². The van der Waals surface area contributed by atoms with Crippen LogP contribution in [0.25, 0.3) is 11.3 Å². The number of nitrogens with zero attached hydrogens (tertiary/aromatic N) is 3. The van der Waals surface area contributed by atoms with Crippen LogP contribution < -0.4 is 4.90 Å². The first-order chi connectivity index (χ1) is 20.5. The molecular formula is C38H37N3O. The molecule has 6 aliphatic rings. The lowest BCUT2D eigenvalue weighted by molar-refractivity contribution is 0.0398. The van der Waals surface area contributed by atoms with Gasteiger partial charge in [-0.25, -0.2) is 0 Å². The molecule has 2 aromatic carbocycles. The number of aliphatic imine (C=N–C) groups is 1. The Balaban J connectivity index is 1.12. The van der Waals surface area contributed by atoms with Crippen molar-refractivity contribution in [1.82, 2.24) is 0 Å². The highest BCUT2D eigenvalue weighted by atomic mass is 16.5. The summed E-state index contributed by atoms with van der Waals surface area (Å²) >= 11 is 0. The second kappa shape index (κ2) is 9.73. The van der Waals surface area contributed by atoms with Gasteiger partial charge in [-0.2, -0.15) is 5.26 Å². The van der Waals surface area contributed by atoms with Crippen LogP contribution in [0.2, 0.25) is 0 Å². The number of fused-ring (bicyclic) bond motifs is 6. The number of benzene rings is 2. The maximum atomic E-state index is 9.16. The zero-order chi connectivity index (χ0) is 28.4. The van der Waals surface area contributed by atoms with Crippen LogP contribution in [-0.2, 0) is 4.74 Å². The predicted molar refractivity (Wildman–Crippen MR) is 170 cm³/mol. The van der Waals surface area contributed by atoms with E-state index >= 15 is 0 Å². The van der Waals surface area contributed by atoms with Crippen molar-refractivity contribution in [3.63, 3.8) is 0 Å². The molecule has 0 saturated heterocycles. The Labute approximate surface area is 249 Å². The fraction of sp³-hybridized carbons (Fsp3) is 0.368. The molecule has 0 bridgehead atoms. The van der Waals surface area contributed by atoms with Crippen molar-refractivity contribution < 1.29 is 4.74 Å². The first-order valence-electron chi connectivity index (χ1n) is 15.7. The van der Waals surface area contributed by atoms with E-state index in [0.717, 1.165) is 43.4 Å². The van der Waals surface area contributed by atoms with E-state index in [9.17, 15) is 0 Å². The van der Waals surface area contributed by atoms with Gasteiger partial charge in [-0.15, -0.1) is 0 Å². The van der Waals surface area contributed by atoms with E-state index in [4.69, 9.17) is 10.00 Å². The van der Waals surface area contributed by atoms with Gasteiger partial charge >= 0.3 is 0 Å². The van der Waals surface area contributed by atoms with E-state index in [2.05, 4.69) is 109 Å². The van der Waals surface area contributed by atoms with Crippen LogP contribution in [-0.4, -0.2) is 17.9 Å². The Morgan fingerprint density at radius 2 is 1.88 bits per heavy atom. The Morgan fingerprint density at radius 1 is 1.05 bits per heavy atom. The summed E-state index contributed by atoms with van der Waals surface area (Å²) in [5, 5.41) is 9.16. The first kappa shape index (κ1) is 25.6. The molecule has 210 valence electrons. The monoisotopic (exact) mass is 551 g/mol. The smallest absolute Gasteiger partial charge is 0.130 e. The molecule has 3 aliphatic heterocycles. The van der Waals surface area contributed by atoms with Crippen LogP contribution in [0.15, 0.2) is 101 Å². The third-order valence-corrected chi connectivity index (χ3v) is 10.4. The van der Waals surface area contributed by atoms with Crippen molar-refractivity contribution in [3.8, 4) is 6.07 Å². The van der Waals surface area contributed by atoms with Gasteiger partial charge < -0.3 is 9.64 Å². The summed E-state index contributed by atoms with van der Waals surface area (Å²) in [5.41, 5.74) is 10.2. The van der Waals surface area contributed by atoms with Crippen molar-refractivity contribution in [2.45, 2.75) is 69.9 Å². The van der Waals surface area contributed by atoms with Crippen LogP contribution in [0.4, 0.5) is 5.69 Å². The predicted octanol–water partition coefficient (Wildman–Crippen LogP) is 8.72. The number of rotatable bonds is 3. The fourth-order valence-electron chi connectivity index (χ4n) is 8.48. The molecule has 6 atom stereocenters. The number of hydrogen-bond donors (Lipinski definition) is 0. The van der Waals surface area contributed by atoms with E-state index in [-0.39, 0.29) is 11.5 Å². The summed E-state index contributed by atoms with van der Waals surface area (Å²) in [6.07, 6.45) is 19.6. The quantitative estimate of drug-likeness (QED) is 0.358. The van der Waals surface area contributed by atoms with E-state index in [1.165, 1.54) is 40.3 Å². The highest BCUT2D eigenvalue weighted by Crippen LogP contribution is 2.60. The summed E-state index contributed by atoms with van der Waals surface area (Å²) < 4.78 is 7.00. The van der Waals surface area contributed by atoms with Gasteiger partial charge in [0.2, 0.25) is 0 Å². The average Bonchev–Trinajstić information content (AvgIpc) is 3.53.